The maximum atomic E-state index is 2.84. The van der Waals surface area contributed by atoms with Crippen LogP contribution in [0.25, 0.3) is 0 Å². The highest BCUT2D eigenvalue weighted by Crippen LogP contribution is 1.80. The van der Waals surface area contributed by atoms with Crippen LogP contribution in [-0.4, -0.2) is 0 Å². The summed E-state index contributed by atoms with van der Waals surface area (Å²) in [5, 5.41) is 0. The van der Waals surface area contributed by atoms with E-state index in [9.17, 15) is 0 Å². The van der Waals surface area contributed by atoms with Gasteiger partial charge in [-0.1, -0.05) is 48.0 Å². The Kier molecular flexibility index (Phi) is 3.98. The van der Waals surface area contributed by atoms with Gasteiger partial charge >= 0.3 is 0 Å². The number of hydrogen-bond donors (Lipinski definition) is 0. The molecule has 0 spiro atoms. The Labute approximate surface area is 73.0 Å². The van der Waals surface area contributed by atoms with Crippen molar-refractivity contribution in [3.63, 3.8) is 0 Å². The van der Waals surface area contributed by atoms with Crippen molar-refractivity contribution >= 4 is 0 Å². The van der Waals surface area contributed by atoms with Gasteiger partial charge < -0.3 is 0 Å². The van der Waals surface area contributed by atoms with E-state index < -0.39 is 0 Å². The summed E-state index contributed by atoms with van der Waals surface area (Å²) >= 11 is 0. The van der Waals surface area contributed by atoms with Crippen LogP contribution in [-0.2, 0) is 0 Å². The lowest BCUT2D eigenvalue weighted by atomic mass is 10.3. The zero-order valence-electron chi connectivity index (χ0n) is 6.62. The maximum absolute atomic E-state index is 2.84. The van der Waals surface area contributed by atoms with E-state index >= 15 is 0 Å². The van der Waals surface area contributed by atoms with E-state index in [4.69, 9.17) is 0 Å². The third kappa shape index (κ3) is 3.99. The van der Waals surface area contributed by atoms with Gasteiger partial charge in [0.25, 0.3) is 0 Å². The molecular formula is C12H8. The fourth-order valence-corrected chi connectivity index (χ4v) is 0.611. The van der Waals surface area contributed by atoms with Crippen LogP contribution in [0, 0.1) is 23.7 Å². The Bertz CT molecular complexity index is 318. The van der Waals surface area contributed by atoms with Crippen molar-refractivity contribution in [3.05, 3.63) is 48.6 Å². The number of rotatable bonds is 0. The molecule has 0 N–H and O–H groups in total. The normalized spacial score (nSPS) is 13.3. The average Bonchev–Trinajstić information content (AvgIpc) is 2.05. The van der Waals surface area contributed by atoms with Gasteiger partial charge in [-0.05, 0) is 24.3 Å². The Balaban J connectivity index is 2.78. The lowest BCUT2D eigenvalue weighted by Crippen LogP contribution is -1.56. The topological polar surface area (TPSA) is 0 Å². The molecule has 0 heterocycles. The van der Waals surface area contributed by atoms with Gasteiger partial charge in [0, 0.05) is 0 Å². The van der Waals surface area contributed by atoms with Gasteiger partial charge in [-0.2, -0.15) is 0 Å². The first kappa shape index (κ1) is 8.18. The Hall–Kier alpha value is -1.92. The second kappa shape index (κ2) is 5.83. The first-order valence-electron chi connectivity index (χ1n) is 3.65. The summed E-state index contributed by atoms with van der Waals surface area (Å²) in [6, 6.07) is 0. The molecule has 0 aromatic heterocycles. The minimum Gasteiger partial charge on any atom is -0.0702 e. The molecule has 1 aliphatic rings. The summed E-state index contributed by atoms with van der Waals surface area (Å²) in [6.45, 7) is 0. The molecule has 0 radical (unpaired) electrons. The summed E-state index contributed by atoms with van der Waals surface area (Å²) < 4.78 is 0. The molecule has 0 atom stereocenters. The monoisotopic (exact) mass is 152 g/mol. The second-order valence-corrected chi connectivity index (χ2v) is 2.01. The van der Waals surface area contributed by atoms with Gasteiger partial charge in [0.1, 0.15) is 0 Å². The lowest BCUT2D eigenvalue weighted by Gasteiger charge is -1.72. The highest BCUT2D eigenvalue weighted by molar-refractivity contribution is 5.33. The van der Waals surface area contributed by atoms with Gasteiger partial charge in [0.05, 0.1) is 0 Å². The second-order valence-electron chi connectivity index (χ2n) is 2.01. The van der Waals surface area contributed by atoms with Crippen LogP contribution in [0.1, 0.15) is 0 Å². The van der Waals surface area contributed by atoms with Gasteiger partial charge in [-0.15, -0.1) is 0 Å². The molecule has 0 amide bonds. The van der Waals surface area contributed by atoms with Gasteiger partial charge in [-0.3, -0.25) is 0 Å². The van der Waals surface area contributed by atoms with E-state index in [0.717, 1.165) is 0 Å². The van der Waals surface area contributed by atoms with Crippen molar-refractivity contribution in [3.8, 4) is 23.7 Å². The fourth-order valence-electron chi connectivity index (χ4n) is 0.611. The molecular weight excluding hydrogens is 144 g/mol. The molecule has 0 heteroatoms. The Morgan fingerprint density at radius 3 is 1.33 bits per heavy atom. The van der Waals surface area contributed by atoms with Crippen molar-refractivity contribution in [2.24, 2.45) is 0 Å². The van der Waals surface area contributed by atoms with E-state index in [0.29, 0.717) is 0 Å². The predicted octanol–water partition coefficient (Wildman–Crippen LogP) is 2.23. The van der Waals surface area contributed by atoms with E-state index in [1.807, 2.05) is 24.3 Å². The van der Waals surface area contributed by atoms with E-state index in [2.05, 4.69) is 23.7 Å². The van der Waals surface area contributed by atoms with Crippen LogP contribution in [0.4, 0.5) is 0 Å². The summed E-state index contributed by atoms with van der Waals surface area (Å²) in [5.74, 6) is 11.3. The first-order chi connectivity index (χ1) is 6.00. The van der Waals surface area contributed by atoms with Gasteiger partial charge in [0.15, 0.2) is 0 Å². The highest BCUT2D eigenvalue weighted by Gasteiger charge is 1.63. The zero-order chi connectivity index (χ0) is 8.49. The first-order valence-corrected chi connectivity index (χ1v) is 3.65. The molecule has 0 saturated heterocycles. The van der Waals surface area contributed by atoms with Crippen LogP contribution in [0.5, 0.6) is 0 Å². The fraction of sp³-hybridized carbons (Fsp3) is 0. The van der Waals surface area contributed by atoms with Gasteiger partial charge in [0.2, 0.25) is 0 Å². The Morgan fingerprint density at radius 1 is 0.417 bits per heavy atom. The molecule has 0 unspecified atom stereocenters. The highest BCUT2D eigenvalue weighted by atomic mass is 13.7. The molecule has 0 bridgehead atoms. The molecule has 12 heavy (non-hydrogen) atoms. The van der Waals surface area contributed by atoms with Crippen molar-refractivity contribution in [2.75, 3.05) is 0 Å². The summed E-state index contributed by atoms with van der Waals surface area (Å²) in [7, 11) is 0. The molecule has 1 rings (SSSR count). The SMILES string of the molecule is C1#CC=CC=CC=CC#CC=C1. The molecule has 0 aliphatic heterocycles. The van der Waals surface area contributed by atoms with Crippen molar-refractivity contribution < 1.29 is 0 Å². The van der Waals surface area contributed by atoms with Crippen LogP contribution in [0.3, 0.4) is 0 Å². The average molecular weight is 152 g/mol. The van der Waals surface area contributed by atoms with Crippen molar-refractivity contribution in [1.82, 2.24) is 0 Å². The lowest BCUT2D eigenvalue weighted by molar-refractivity contribution is 1.90. The Morgan fingerprint density at radius 2 is 0.833 bits per heavy atom. The summed E-state index contributed by atoms with van der Waals surface area (Å²) in [4.78, 5) is 0. The molecule has 0 aromatic carbocycles. The molecule has 0 nitrogen and oxygen atoms in total. The smallest absolute Gasteiger partial charge is 0.00316 e. The molecule has 0 saturated carbocycles. The summed E-state index contributed by atoms with van der Waals surface area (Å²) in [5.41, 5.74) is 0. The minimum atomic E-state index is 1.73. The van der Waals surface area contributed by atoms with Crippen LogP contribution in [0.2, 0.25) is 0 Å². The van der Waals surface area contributed by atoms with Crippen LogP contribution in [0.15, 0.2) is 48.6 Å². The quantitative estimate of drug-likeness (QED) is 0.467. The number of hydrogen-bond acceptors (Lipinski definition) is 0. The third-order valence-electron chi connectivity index (χ3n) is 1.11. The van der Waals surface area contributed by atoms with E-state index in [-0.39, 0.29) is 0 Å². The molecule has 0 aromatic rings. The molecule has 1 aliphatic carbocycles. The van der Waals surface area contributed by atoms with E-state index in [1.165, 1.54) is 0 Å². The number of allylic oxidation sites excluding steroid dienone is 8. The third-order valence-corrected chi connectivity index (χ3v) is 1.11. The predicted molar refractivity (Wildman–Crippen MR) is 52.1 cm³/mol. The maximum Gasteiger partial charge on any atom is -0.00316 e. The summed E-state index contributed by atoms with van der Waals surface area (Å²) in [6.07, 6.45) is 14.7. The van der Waals surface area contributed by atoms with Crippen molar-refractivity contribution in [1.29, 1.82) is 0 Å². The zero-order valence-corrected chi connectivity index (χ0v) is 6.62. The van der Waals surface area contributed by atoms with E-state index in [1.54, 1.807) is 24.3 Å². The largest absolute Gasteiger partial charge is 0.0702 e. The standard InChI is InChI=1S/C12H8/c1-2-4-6-8-10-12-11-9-7-5-3-1/h1-6,11-12H. The molecule has 56 valence electrons. The van der Waals surface area contributed by atoms with Crippen molar-refractivity contribution in [2.45, 2.75) is 0 Å². The van der Waals surface area contributed by atoms with Gasteiger partial charge in [-0.25, -0.2) is 0 Å². The molecule has 0 fully saturated rings. The van der Waals surface area contributed by atoms with Crippen LogP contribution >= 0.6 is 0 Å². The minimum absolute atomic E-state index is 1.73. The van der Waals surface area contributed by atoms with Crippen LogP contribution < -0.4 is 0 Å².